The Labute approximate surface area is 205 Å². The van der Waals surface area contributed by atoms with E-state index in [-0.39, 0.29) is 35.3 Å². The molecule has 1 saturated heterocycles. The summed E-state index contributed by atoms with van der Waals surface area (Å²) in [5, 5.41) is 7.32. The second kappa shape index (κ2) is 9.63. The molecule has 2 aliphatic heterocycles. The Bertz CT molecular complexity index is 1190. The molecule has 0 radical (unpaired) electrons. The van der Waals surface area contributed by atoms with E-state index in [2.05, 4.69) is 20.6 Å². The van der Waals surface area contributed by atoms with Gasteiger partial charge in [0.25, 0.3) is 11.8 Å². The number of urea groups is 1. The quantitative estimate of drug-likeness (QED) is 0.575. The molecule has 192 valence electrons. The van der Waals surface area contributed by atoms with E-state index in [0.29, 0.717) is 30.8 Å². The third kappa shape index (κ3) is 5.19. The Morgan fingerprint density at radius 1 is 1.08 bits per heavy atom. The number of pyridine rings is 2. The molecule has 10 nitrogen and oxygen atoms in total. The topological polar surface area (TPSA) is 120 Å². The lowest BCUT2D eigenvalue weighted by atomic mass is 10.1. The summed E-state index contributed by atoms with van der Waals surface area (Å²) in [5.74, 6) is -1.00. The largest absolute Gasteiger partial charge is 0.408 e. The summed E-state index contributed by atoms with van der Waals surface area (Å²) in [5.41, 5.74) is 0.670. The van der Waals surface area contributed by atoms with Gasteiger partial charge in [0.15, 0.2) is 5.82 Å². The first-order valence-corrected chi connectivity index (χ1v) is 11.4. The number of alkyl halides is 3. The van der Waals surface area contributed by atoms with Gasteiger partial charge in [-0.1, -0.05) is 0 Å². The summed E-state index contributed by atoms with van der Waals surface area (Å²) in [6, 6.07) is 2.90. The Morgan fingerprint density at radius 3 is 2.53 bits per heavy atom. The van der Waals surface area contributed by atoms with Crippen molar-refractivity contribution in [2.45, 2.75) is 51.5 Å². The van der Waals surface area contributed by atoms with E-state index < -0.39 is 24.2 Å². The van der Waals surface area contributed by atoms with Crippen molar-refractivity contribution in [1.29, 1.82) is 0 Å². The van der Waals surface area contributed by atoms with E-state index in [1.54, 1.807) is 6.07 Å². The number of aromatic nitrogens is 2. The zero-order valence-corrected chi connectivity index (χ0v) is 19.9. The maximum atomic E-state index is 13.3. The predicted molar refractivity (Wildman–Crippen MR) is 126 cm³/mol. The molecular formula is C23H26F3N7O3. The number of anilines is 3. The molecule has 2 aromatic rings. The SMILES string of the molecule is CC(C)NC(=O)c1ccnc(NC(=O)N2c3nc(C(=O)N[C@H](C)C(F)(F)F)ccc3N3CCC2C3)c1. The molecule has 0 saturated carbocycles. The zero-order chi connectivity index (χ0) is 26.2. The molecule has 13 heteroatoms. The number of carbonyl (C=O) groups is 3. The van der Waals surface area contributed by atoms with Gasteiger partial charge in [-0.3, -0.25) is 19.8 Å². The molecule has 1 unspecified atom stereocenters. The zero-order valence-electron chi connectivity index (χ0n) is 19.9. The van der Waals surface area contributed by atoms with Crippen LogP contribution in [-0.2, 0) is 0 Å². The monoisotopic (exact) mass is 505 g/mol. The van der Waals surface area contributed by atoms with E-state index in [9.17, 15) is 27.6 Å². The van der Waals surface area contributed by atoms with Crippen LogP contribution in [0.2, 0.25) is 0 Å². The normalized spacial score (nSPS) is 17.5. The highest BCUT2D eigenvalue weighted by Crippen LogP contribution is 2.39. The van der Waals surface area contributed by atoms with Gasteiger partial charge < -0.3 is 15.5 Å². The maximum absolute atomic E-state index is 13.3. The third-order valence-electron chi connectivity index (χ3n) is 5.92. The highest BCUT2D eigenvalue weighted by Gasteiger charge is 2.41. The van der Waals surface area contributed by atoms with Gasteiger partial charge in [-0.15, -0.1) is 0 Å². The number of halogens is 3. The Balaban J connectivity index is 1.59. The minimum atomic E-state index is -4.60. The molecule has 0 aliphatic carbocycles. The van der Waals surface area contributed by atoms with Crippen molar-refractivity contribution in [3.05, 3.63) is 41.7 Å². The molecule has 2 atom stereocenters. The van der Waals surface area contributed by atoms with E-state index >= 15 is 0 Å². The molecule has 3 N–H and O–H groups in total. The van der Waals surface area contributed by atoms with Gasteiger partial charge in [-0.2, -0.15) is 13.2 Å². The van der Waals surface area contributed by atoms with Crippen LogP contribution in [-0.4, -0.2) is 65.2 Å². The number of nitrogens with zero attached hydrogens (tertiary/aromatic N) is 4. The van der Waals surface area contributed by atoms with Gasteiger partial charge in [0, 0.05) is 30.9 Å². The molecule has 2 aromatic heterocycles. The second-order valence-electron chi connectivity index (χ2n) is 9.02. The number of hydrogen-bond acceptors (Lipinski definition) is 6. The lowest BCUT2D eigenvalue weighted by Crippen LogP contribution is -2.49. The van der Waals surface area contributed by atoms with Crippen molar-refractivity contribution < 1.29 is 27.6 Å². The van der Waals surface area contributed by atoms with Crippen LogP contribution in [0.1, 0.15) is 48.0 Å². The van der Waals surface area contributed by atoms with Crippen LogP contribution in [0.4, 0.5) is 35.3 Å². The summed E-state index contributed by atoms with van der Waals surface area (Å²) in [6.07, 6.45) is -2.57. The summed E-state index contributed by atoms with van der Waals surface area (Å²) >= 11 is 0. The van der Waals surface area contributed by atoms with Crippen LogP contribution < -0.4 is 25.8 Å². The first-order chi connectivity index (χ1) is 16.9. The lowest BCUT2D eigenvalue weighted by Gasteiger charge is -2.35. The standard InChI is InChI=1S/C23H26F3N7O3/c1-12(2)28-20(34)14-6-8-27-18(10-14)31-22(36)33-15-7-9-32(11-15)17-5-4-16(30-19(17)33)21(35)29-13(3)23(24,25)26/h4-6,8,10,12-13,15H,7,9,11H2,1-3H3,(H,28,34)(H,29,35)(H,27,31,36)/t13-,15?/m1/s1. The Hall–Kier alpha value is -3.90. The number of rotatable bonds is 5. The van der Waals surface area contributed by atoms with Crippen LogP contribution in [0.25, 0.3) is 0 Å². The summed E-state index contributed by atoms with van der Waals surface area (Å²) < 4.78 is 38.7. The Morgan fingerprint density at radius 2 is 1.83 bits per heavy atom. The molecule has 4 rings (SSSR count). The van der Waals surface area contributed by atoms with E-state index in [4.69, 9.17) is 0 Å². The lowest BCUT2D eigenvalue weighted by molar-refractivity contribution is -0.149. The van der Waals surface area contributed by atoms with Crippen LogP contribution in [0.3, 0.4) is 0 Å². The predicted octanol–water partition coefficient (Wildman–Crippen LogP) is 2.93. The molecule has 1 fully saturated rings. The van der Waals surface area contributed by atoms with Crippen molar-refractivity contribution in [1.82, 2.24) is 20.6 Å². The molecule has 4 amide bonds. The van der Waals surface area contributed by atoms with Gasteiger partial charge in [-0.25, -0.2) is 14.8 Å². The minimum Gasteiger partial charge on any atom is -0.366 e. The Kier molecular flexibility index (Phi) is 6.74. The van der Waals surface area contributed by atoms with E-state index in [1.165, 1.54) is 29.3 Å². The van der Waals surface area contributed by atoms with Crippen molar-refractivity contribution in [2.75, 3.05) is 28.2 Å². The molecule has 4 heterocycles. The van der Waals surface area contributed by atoms with Gasteiger partial charge in [-0.05, 0) is 51.5 Å². The molecule has 2 bridgehead atoms. The molecule has 2 aliphatic rings. The van der Waals surface area contributed by atoms with Crippen LogP contribution in [0, 0.1) is 0 Å². The van der Waals surface area contributed by atoms with Crippen molar-refractivity contribution in [2.24, 2.45) is 0 Å². The number of fused-ring (bicyclic) bond motifs is 4. The fraction of sp³-hybridized carbons (Fsp3) is 0.435. The number of carbonyl (C=O) groups excluding carboxylic acids is 3. The second-order valence-corrected chi connectivity index (χ2v) is 9.02. The van der Waals surface area contributed by atoms with E-state index in [1.807, 2.05) is 24.1 Å². The van der Waals surface area contributed by atoms with Gasteiger partial charge >= 0.3 is 12.2 Å². The summed E-state index contributed by atoms with van der Waals surface area (Å²) in [7, 11) is 0. The minimum absolute atomic E-state index is 0.0736. The fourth-order valence-corrected chi connectivity index (χ4v) is 4.11. The number of nitrogens with one attached hydrogen (secondary N) is 3. The molecule has 0 aromatic carbocycles. The number of hydrogen-bond donors (Lipinski definition) is 3. The molecule has 0 spiro atoms. The highest BCUT2D eigenvalue weighted by molar-refractivity contribution is 6.05. The van der Waals surface area contributed by atoms with Gasteiger partial charge in [0.1, 0.15) is 17.6 Å². The summed E-state index contributed by atoms with van der Waals surface area (Å²) in [4.78, 5) is 49.9. The van der Waals surface area contributed by atoms with Gasteiger partial charge in [0.2, 0.25) is 0 Å². The van der Waals surface area contributed by atoms with Crippen LogP contribution >= 0.6 is 0 Å². The average molecular weight is 506 g/mol. The molecular weight excluding hydrogens is 479 g/mol. The van der Waals surface area contributed by atoms with Crippen molar-refractivity contribution >= 4 is 35.2 Å². The van der Waals surface area contributed by atoms with Crippen molar-refractivity contribution in [3.63, 3.8) is 0 Å². The smallest absolute Gasteiger partial charge is 0.366 e. The fourth-order valence-electron chi connectivity index (χ4n) is 4.11. The summed E-state index contributed by atoms with van der Waals surface area (Å²) in [6.45, 7) is 5.69. The molecule has 36 heavy (non-hydrogen) atoms. The first kappa shape index (κ1) is 25.2. The maximum Gasteiger partial charge on any atom is 0.408 e. The van der Waals surface area contributed by atoms with Crippen LogP contribution in [0.5, 0.6) is 0 Å². The van der Waals surface area contributed by atoms with Gasteiger partial charge in [0.05, 0.1) is 11.7 Å². The third-order valence-corrected chi connectivity index (χ3v) is 5.92. The first-order valence-electron chi connectivity index (χ1n) is 11.4. The highest BCUT2D eigenvalue weighted by atomic mass is 19.4. The average Bonchev–Trinajstić information content (AvgIpc) is 3.22. The van der Waals surface area contributed by atoms with E-state index in [0.717, 1.165) is 6.92 Å². The van der Waals surface area contributed by atoms with Crippen molar-refractivity contribution in [3.8, 4) is 0 Å². The van der Waals surface area contributed by atoms with Crippen LogP contribution in [0.15, 0.2) is 30.5 Å². The number of amides is 4.